The van der Waals surface area contributed by atoms with E-state index in [4.69, 9.17) is 20.4 Å². The summed E-state index contributed by atoms with van der Waals surface area (Å²) in [5.41, 5.74) is 0. The Kier molecular flexibility index (Phi) is 9.51. The highest BCUT2D eigenvalue weighted by molar-refractivity contribution is 5.73. The number of rotatable bonds is 13. The van der Waals surface area contributed by atoms with E-state index in [0.717, 1.165) is 0 Å². The molecule has 0 spiro atoms. The lowest BCUT2D eigenvalue weighted by atomic mass is 10.1. The van der Waals surface area contributed by atoms with E-state index in [-0.39, 0.29) is 19.0 Å². The first-order chi connectivity index (χ1) is 10.6. The summed E-state index contributed by atoms with van der Waals surface area (Å²) in [4.78, 5) is 45.3. The second-order valence-corrected chi connectivity index (χ2v) is 5.35. The molecule has 0 aromatic rings. The second kappa shape index (κ2) is 10.5. The minimum Gasteiger partial charge on any atom is -0.480 e. The van der Waals surface area contributed by atoms with Crippen LogP contribution in [-0.2, 0) is 19.2 Å². The van der Waals surface area contributed by atoms with Crippen molar-refractivity contribution in [2.75, 3.05) is 39.3 Å². The van der Waals surface area contributed by atoms with E-state index < -0.39 is 50.1 Å². The topological polar surface area (TPSA) is 156 Å². The smallest absolute Gasteiger partial charge is 0.317 e. The summed E-state index contributed by atoms with van der Waals surface area (Å²) in [6.45, 7) is 0.520. The normalized spacial score (nSPS) is 12.3. The van der Waals surface area contributed by atoms with Crippen LogP contribution >= 0.6 is 0 Å². The molecule has 10 heteroatoms. The van der Waals surface area contributed by atoms with E-state index in [2.05, 4.69) is 0 Å². The third-order valence-electron chi connectivity index (χ3n) is 2.94. The van der Waals surface area contributed by atoms with Crippen molar-refractivity contribution in [1.29, 1.82) is 0 Å². The Morgan fingerprint density at radius 2 is 1.09 bits per heavy atom. The quantitative estimate of drug-likeness (QED) is 0.328. The standard InChI is InChI=1S/C13H22N2O8/c1-9(4-15(7-12(20)21)8-13(22)23)2-3-14(5-10(16)17)6-11(18)19/h9H,2-8H2,1H3,(H,16,17)(H,18,19)(H,20,21)(H,22,23). The van der Waals surface area contributed by atoms with Crippen LogP contribution in [0.15, 0.2) is 0 Å². The van der Waals surface area contributed by atoms with Gasteiger partial charge in [0.25, 0.3) is 0 Å². The highest BCUT2D eigenvalue weighted by Crippen LogP contribution is 2.07. The predicted octanol–water partition coefficient (Wildman–Crippen LogP) is -1.04. The zero-order valence-corrected chi connectivity index (χ0v) is 12.8. The van der Waals surface area contributed by atoms with Crippen LogP contribution in [0.2, 0.25) is 0 Å². The third kappa shape index (κ3) is 12.1. The van der Waals surface area contributed by atoms with Gasteiger partial charge in [-0.2, -0.15) is 0 Å². The van der Waals surface area contributed by atoms with Gasteiger partial charge in [-0.15, -0.1) is 0 Å². The summed E-state index contributed by atoms with van der Waals surface area (Å²) < 4.78 is 0. The van der Waals surface area contributed by atoms with Gasteiger partial charge in [0.15, 0.2) is 0 Å². The van der Waals surface area contributed by atoms with E-state index in [1.54, 1.807) is 6.92 Å². The number of carboxylic acids is 4. The fourth-order valence-electron chi connectivity index (χ4n) is 2.10. The molecule has 0 bridgehead atoms. The number of hydrogen-bond donors (Lipinski definition) is 4. The molecule has 1 unspecified atom stereocenters. The number of carboxylic acid groups (broad SMARTS) is 4. The molecule has 0 radical (unpaired) electrons. The Bertz CT molecular complexity index is 408. The van der Waals surface area contributed by atoms with Gasteiger partial charge in [-0.3, -0.25) is 29.0 Å². The van der Waals surface area contributed by atoms with Crippen molar-refractivity contribution in [3.63, 3.8) is 0 Å². The molecule has 1 atom stereocenters. The maximum absolute atomic E-state index is 10.7. The summed E-state index contributed by atoms with van der Waals surface area (Å²) in [6.07, 6.45) is 0.413. The molecule has 0 aliphatic rings. The Morgan fingerprint density at radius 3 is 1.43 bits per heavy atom. The minimum atomic E-state index is -1.14. The van der Waals surface area contributed by atoms with Gasteiger partial charge in [0.2, 0.25) is 0 Å². The molecule has 0 aromatic heterocycles. The van der Waals surface area contributed by atoms with Crippen LogP contribution in [-0.4, -0.2) is 93.4 Å². The van der Waals surface area contributed by atoms with E-state index in [1.807, 2.05) is 0 Å². The minimum absolute atomic E-state index is 0.126. The zero-order valence-electron chi connectivity index (χ0n) is 12.8. The predicted molar refractivity (Wildman–Crippen MR) is 77.2 cm³/mol. The van der Waals surface area contributed by atoms with Gasteiger partial charge >= 0.3 is 23.9 Å². The fourth-order valence-corrected chi connectivity index (χ4v) is 2.10. The highest BCUT2D eigenvalue weighted by Gasteiger charge is 2.18. The maximum atomic E-state index is 10.7. The number of nitrogens with zero attached hydrogens (tertiary/aromatic N) is 2. The van der Waals surface area contributed by atoms with Gasteiger partial charge in [-0.05, 0) is 18.9 Å². The molecule has 10 nitrogen and oxygen atoms in total. The number of carbonyl (C=O) groups is 4. The molecule has 0 saturated heterocycles. The molecule has 132 valence electrons. The van der Waals surface area contributed by atoms with Crippen LogP contribution in [0.1, 0.15) is 13.3 Å². The Hall–Kier alpha value is -2.20. The molecule has 0 aromatic carbocycles. The Balaban J connectivity index is 4.47. The average Bonchev–Trinajstić information content (AvgIpc) is 2.32. The van der Waals surface area contributed by atoms with Gasteiger partial charge in [-0.25, -0.2) is 0 Å². The van der Waals surface area contributed by atoms with E-state index in [0.29, 0.717) is 6.42 Å². The zero-order chi connectivity index (χ0) is 18.0. The molecule has 23 heavy (non-hydrogen) atoms. The molecule has 0 aliphatic carbocycles. The van der Waals surface area contributed by atoms with Gasteiger partial charge in [0, 0.05) is 6.54 Å². The van der Waals surface area contributed by atoms with Gasteiger partial charge in [-0.1, -0.05) is 6.92 Å². The fraction of sp³-hybridized carbons (Fsp3) is 0.692. The molecule has 4 N–H and O–H groups in total. The van der Waals surface area contributed by atoms with Crippen molar-refractivity contribution in [2.24, 2.45) is 5.92 Å². The summed E-state index contributed by atoms with van der Waals surface area (Å²) in [7, 11) is 0. The summed E-state index contributed by atoms with van der Waals surface area (Å²) in [5, 5.41) is 35.0. The molecule has 0 amide bonds. The molecule has 0 heterocycles. The number of hydrogen-bond acceptors (Lipinski definition) is 6. The van der Waals surface area contributed by atoms with Crippen LogP contribution in [0, 0.1) is 5.92 Å². The first kappa shape index (κ1) is 20.8. The maximum Gasteiger partial charge on any atom is 0.317 e. The van der Waals surface area contributed by atoms with Crippen LogP contribution in [0.3, 0.4) is 0 Å². The third-order valence-corrected chi connectivity index (χ3v) is 2.94. The van der Waals surface area contributed by atoms with Crippen molar-refractivity contribution >= 4 is 23.9 Å². The van der Waals surface area contributed by atoms with Crippen molar-refractivity contribution < 1.29 is 39.6 Å². The van der Waals surface area contributed by atoms with E-state index in [1.165, 1.54) is 9.80 Å². The van der Waals surface area contributed by atoms with Gasteiger partial charge in [0.1, 0.15) is 0 Å². The molecule has 0 aliphatic heterocycles. The van der Waals surface area contributed by atoms with Gasteiger partial charge in [0.05, 0.1) is 26.2 Å². The average molecular weight is 334 g/mol. The summed E-state index contributed by atoms with van der Waals surface area (Å²) >= 11 is 0. The van der Waals surface area contributed by atoms with Crippen LogP contribution in [0.5, 0.6) is 0 Å². The van der Waals surface area contributed by atoms with Crippen LogP contribution in [0.4, 0.5) is 0 Å². The van der Waals surface area contributed by atoms with Crippen molar-refractivity contribution in [3.05, 3.63) is 0 Å². The Morgan fingerprint density at radius 1 is 0.739 bits per heavy atom. The molecule has 0 rings (SSSR count). The molecule has 0 fully saturated rings. The monoisotopic (exact) mass is 334 g/mol. The number of aliphatic carboxylic acids is 4. The summed E-state index contributed by atoms with van der Waals surface area (Å²) in [5.74, 6) is -4.69. The van der Waals surface area contributed by atoms with Crippen molar-refractivity contribution in [2.45, 2.75) is 13.3 Å². The first-order valence-corrected chi connectivity index (χ1v) is 6.92. The second-order valence-electron chi connectivity index (χ2n) is 5.35. The van der Waals surface area contributed by atoms with E-state index >= 15 is 0 Å². The lowest BCUT2D eigenvalue weighted by Gasteiger charge is -2.24. The molecular weight excluding hydrogens is 312 g/mol. The lowest BCUT2D eigenvalue weighted by molar-refractivity contribution is -0.144. The SMILES string of the molecule is CC(CCN(CC(=O)O)CC(=O)O)CN(CC(=O)O)CC(=O)O. The molecular formula is C13H22N2O8. The van der Waals surface area contributed by atoms with Crippen LogP contribution < -0.4 is 0 Å². The van der Waals surface area contributed by atoms with E-state index in [9.17, 15) is 19.2 Å². The van der Waals surface area contributed by atoms with Crippen molar-refractivity contribution in [3.8, 4) is 0 Å². The Labute approximate surface area is 132 Å². The molecule has 0 saturated carbocycles. The van der Waals surface area contributed by atoms with Crippen molar-refractivity contribution in [1.82, 2.24) is 9.80 Å². The van der Waals surface area contributed by atoms with Crippen LogP contribution in [0.25, 0.3) is 0 Å². The highest BCUT2D eigenvalue weighted by atomic mass is 16.4. The first-order valence-electron chi connectivity index (χ1n) is 6.92. The summed E-state index contributed by atoms with van der Waals surface area (Å²) in [6, 6.07) is 0. The van der Waals surface area contributed by atoms with Gasteiger partial charge < -0.3 is 20.4 Å². The largest absolute Gasteiger partial charge is 0.480 e. The lowest BCUT2D eigenvalue weighted by Crippen LogP contribution is -2.39.